The van der Waals surface area contributed by atoms with Crippen LogP contribution in [-0.2, 0) is 10.2 Å². The number of nitrogens with two attached hydrogens (primary N) is 2. The van der Waals surface area contributed by atoms with Gasteiger partial charge < -0.3 is 11.5 Å². The number of halogens is 4. The summed E-state index contributed by atoms with van der Waals surface area (Å²) in [5.74, 6) is -0.186. The lowest BCUT2D eigenvalue weighted by molar-refractivity contribution is -0.116. The Morgan fingerprint density at radius 1 is 0.781 bits per heavy atom. The van der Waals surface area contributed by atoms with Gasteiger partial charge >= 0.3 is 0 Å². The van der Waals surface area contributed by atoms with E-state index in [0.717, 1.165) is 27.8 Å². The van der Waals surface area contributed by atoms with Crippen molar-refractivity contribution in [2.75, 3.05) is 5.73 Å². The Morgan fingerprint density at radius 3 is 1.94 bits per heavy atom. The third-order valence-corrected chi connectivity index (χ3v) is 7.58. The molecule has 1 atom stereocenters. The van der Waals surface area contributed by atoms with Crippen molar-refractivity contribution in [3.8, 4) is 0 Å². The molecule has 3 nitrogen and oxygen atoms in total. The zero-order chi connectivity index (χ0) is 22.8. The molecule has 2 aliphatic carbocycles. The van der Waals surface area contributed by atoms with Gasteiger partial charge in [0.15, 0.2) is 5.78 Å². The molecule has 0 fully saturated rings. The van der Waals surface area contributed by atoms with Crippen LogP contribution in [0, 0.1) is 0 Å². The van der Waals surface area contributed by atoms with Crippen LogP contribution in [0.2, 0.25) is 20.1 Å². The van der Waals surface area contributed by atoms with E-state index in [9.17, 15) is 4.79 Å². The number of ketones is 1. The average Bonchev–Trinajstić information content (AvgIpc) is 3.05. The van der Waals surface area contributed by atoms with Crippen molar-refractivity contribution >= 4 is 63.4 Å². The number of nitrogen functional groups attached to an aromatic ring is 1. The minimum atomic E-state index is -1.05. The summed E-state index contributed by atoms with van der Waals surface area (Å²) in [7, 11) is 0. The number of allylic oxidation sites excluding steroid dienone is 2. The summed E-state index contributed by atoms with van der Waals surface area (Å²) in [6.07, 6.45) is 3.61. The van der Waals surface area contributed by atoms with E-state index >= 15 is 0 Å². The molecule has 0 radical (unpaired) electrons. The largest absolute Gasteiger partial charge is 0.399 e. The van der Waals surface area contributed by atoms with Gasteiger partial charge in [-0.25, -0.2) is 0 Å². The second-order valence-electron chi connectivity index (χ2n) is 7.85. The van der Waals surface area contributed by atoms with E-state index in [-0.39, 0.29) is 5.78 Å². The Morgan fingerprint density at radius 2 is 1.38 bits per heavy atom. The summed E-state index contributed by atoms with van der Waals surface area (Å²) in [6, 6.07) is 15.5. The van der Waals surface area contributed by atoms with E-state index in [1.807, 2.05) is 36.4 Å². The fourth-order valence-corrected chi connectivity index (χ4v) is 5.34. The van der Waals surface area contributed by atoms with Crippen molar-refractivity contribution in [2.24, 2.45) is 5.73 Å². The summed E-state index contributed by atoms with van der Waals surface area (Å²) in [5, 5.41) is 1.55. The van der Waals surface area contributed by atoms with Crippen molar-refractivity contribution in [2.45, 2.75) is 11.5 Å². The number of benzene rings is 3. The molecule has 0 saturated carbocycles. The fourth-order valence-electron chi connectivity index (χ4n) is 4.75. The van der Waals surface area contributed by atoms with Crippen molar-refractivity contribution in [1.29, 1.82) is 0 Å². The van der Waals surface area contributed by atoms with E-state index in [1.165, 1.54) is 0 Å². The number of hydrogen-bond donors (Lipinski definition) is 2. The number of hydrogen-bond acceptors (Lipinski definition) is 3. The fraction of sp³-hybridized carbons (Fsp3) is 0.0800. The summed E-state index contributed by atoms with van der Waals surface area (Å²) < 4.78 is 0. The first kappa shape index (κ1) is 21.6. The predicted molar refractivity (Wildman–Crippen MR) is 133 cm³/mol. The van der Waals surface area contributed by atoms with E-state index in [1.54, 1.807) is 30.3 Å². The van der Waals surface area contributed by atoms with Crippen molar-refractivity contribution in [3.05, 3.63) is 115 Å². The smallest absolute Gasteiger partial charge is 0.181 e. The molecule has 0 aliphatic heterocycles. The monoisotopic (exact) mass is 500 g/mol. The molecule has 2 aliphatic rings. The van der Waals surface area contributed by atoms with Gasteiger partial charge in [0.25, 0.3) is 0 Å². The van der Waals surface area contributed by atoms with Crippen LogP contribution in [-0.4, -0.2) is 11.8 Å². The molecule has 0 amide bonds. The highest BCUT2D eigenvalue weighted by molar-refractivity contribution is 6.42. The Hall–Kier alpha value is -2.27. The van der Waals surface area contributed by atoms with Gasteiger partial charge in [0, 0.05) is 11.3 Å². The number of anilines is 1. The molecule has 1 unspecified atom stereocenters. The van der Waals surface area contributed by atoms with Crippen LogP contribution in [0.4, 0.5) is 5.69 Å². The molecule has 32 heavy (non-hydrogen) atoms. The molecule has 0 heterocycles. The first-order chi connectivity index (χ1) is 15.2. The van der Waals surface area contributed by atoms with Crippen LogP contribution in [0.1, 0.15) is 22.3 Å². The van der Waals surface area contributed by atoms with Crippen molar-refractivity contribution in [1.82, 2.24) is 0 Å². The van der Waals surface area contributed by atoms with Crippen LogP contribution in [0.25, 0.3) is 5.57 Å². The third-order valence-electron chi connectivity index (χ3n) is 6.11. The Bertz CT molecular complexity index is 1320. The quantitative estimate of drug-likeness (QED) is 0.396. The van der Waals surface area contributed by atoms with E-state index in [4.69, 9.17) is 57.9 Å². The van der Waals surface area contributed by atoms with E-state index in [2.05, 4.69) is 0 Å². The van der Waals surface area contributed by atoms with Gasteiger partial charge in [0.05, 0.1) is 31.5 Å². The molecule has 160 valence electrons. The topological polar surface area (TPSA) is 69.1 Å². The SMILES string of the molecule is Nc1ccc2c(c1)C(c1ccc(Cl)c(Cl)c1)(c1ccc(Cl)c(Cl)c1)C1=C2C=CC(N)C1=O. The molecular weight excluding hydrogens is 486 g/mol. The van der Waals surface area contributed by atoms with Gasteiger partial charge in [-0.15, -0.1) is 0 Å². The zero-order valence-corrected chi connectivity index (χ0v) is 19.5. The number of Topliss-reactive ketones (excluding diaryl/α,β-unsaturated/α-hetero) is 1. The molecule has 0 spiro atoms. The lowest BCUT2D eigenvalue weighted by Gasteiger charge is -2.36. The summed E-state index contributed by atoms with van der Waals surface area (Å²) in [4.78, 5) is 13.6. The first-order valence-electron chi connectivity index (χ1n) is 9.79. The average molecular weight is 502 g/mol. The molecule has 3 aromatic rings. The van der Waals surface area contributed by atoms with Gasteiger partial charge in [-0.3, -0.25) is 4.79 Å². The third kappa shape index (κ3) is 2.97. The number of fused-ring (bicyclic) bond motifs is 2. The van der Waals surface area contributed by atoms with Gasteiger partial charge in [0.2, 0.25) is 0 Å². The molecule has 7 heteroatoms. The number of carbonyl (C=O) groups is 1. The van der Waals surface area contributed by atoms with Gasteiger partial charge in [-0.1, -0.05) is 76.8 Å². The highest BCUT2D eigenvalue weighted by atomic mass is 35.5. The molecule has 3 aromatic carbocycles. The first-order valence-corrected chi connectivity index (χ1v) is 11.3. The highest BCUT2D eigenvalue weighted by Gasteiger charge is 2.52. The molecular formula is C25H16Cl4N2O. The van der Waals surface area contributed by atoms with Crippen molar-refractivity contribution < 1.29 is 4.79 Å². The second-order valence-corrected chi connectivity index (χ2v) is 9.48. The van der Waals surface area contributed by atoms with Gasteiger partial charge in [-0.2, -0.15) is 0 Å². The normalized spacial score (nSPS) is 18.7. The van der Waals surface area contributed by atoms with Gasteiger partial charge in [0.1, 0.15) is 0 Å². The van der Waals surface area contributed by atoms with Crippen LogP contribution < -0.4 is 11.5 Å². The van der Waals surface area contributed by atoms with E-state index in [0.29, 0.717) is 31.4 Å². The minimum Gasteiger partial charge on any atom is -0.399 e. The molecule has 4 N–H and O–H groups in total. The van der Waals surface area contributed by atoms with Crippen LogP contribution in [0.5, 0.6) is 0 Å². The molecule has 0 bridgehead atoms. The maximum Gasteiger partial charge on any atom is 0.181 e. The highest BCUT2D eigenvalue weighted by Crippen LogP contribution is 2.57. The summed E-state index contributed by atoms with van der Waals surface area (Å²) in [6.45, 7) is 0. The zero-order valence-electron chi connectivity index (χ0n) is 16.5. The maximum absolute atomic E-state index is 13.6. The summed E-state index contributed by atoms with van der Waals surface area (Å²) >= 11 is 25.4. The van der Waals surface area contributed by atoms with Crippen LogP contribution in [0.3, 0.4) is 0 Å². The maximum atomic E-state index is 13.6. The Labute approximate surface area is 205 Å². The van der Waals surface area contributed by atoms with Crippen LogP contribution in [0.15, 0.2) is 72.3 Å². The van der Waals surface area contributed by atoms with Crippen LogP contribution >= 0.6 is 46.4 Å². The standard InChI is InChI=1S/C25H16Cl4N2O/c26-18-6-1-12(9-20(18)28)25(13-2-7-19(27)21(29)10-13)17-11-14(30)3-4-15(17)16-5-8-22(31)24(32)23(16)25/h1-11,22H,30-31H2. The Kier molecular flexibility index (Phi) is 5.16. The van der Waals surface area contributed by atoms with Crippen molar-refractivity contribution in [3.63, 3.8) is 0 Å². The molecule has 0 saturated heterocycles. The predicted octanol–water partition coefficient (Wildman–Crippen LogP) is 6.45. The second kappa shape index (κ2) is 7.65. The molecule has 5 rings (SSSR count). The van der Waals surface area contributed by atoms with E-state index < -0.39 is 11.5 Å². The summed E-state index contributed by atoms with van der Waals surface area (Å²) in [5.41, 5.74) is 16.5. The lowest BCUT2D eigenvalue weighted by atomic mass is 9.65. The molecule has 0 aromatic heterocycles. The lowest BCUT2D eigenvalue weighted by Crippen LogP contribution is -2.40. The minimum absolute atomic E-state index is 0.186. The Balaban J connectivity index is 1.99. The van der Waals surface area contributed by atoms with Gasteiger partial charge in [-0.05, 0) is 64.2 Å². The number of rotatable bonds is 2. The number of carbonyl (C=O) groups excluding carboxylic acids is 1.